The number of carbonyl (C=O) groups excluding carboxylic acids is 2. The summed E-state index contributed by atoms with van der Waals surface area (Å²) in [6.07, 6.45) is 1.42. The Morgan fingerprint density at radius 3 is 2.52 bits per heavy atom. The second kappa shape index (κ2) is 6.94. The summed E-state index contributed by atoms with van der Waals surface area (Å²) in [5, 5.41) is 9.44. The van der Waals surface area contributed by atoms with Gasteiger partial charge in [-0.1, -0.05) is 38.1 Å². The molecule has 1 aromatic carbocycles. The van der Waals surface area contributed by atoms with E-state index in [0.29, 0.717) is 12.0 Å². The number of aryl methyl sites for hydroxylation is 1. The third kappa shape index (κ3) is 3.60. The van der Waals surface area contributed by atoms with Gasteiger partial charge in [-0.05, 0) is 24.3 Å². The van der Waals surface area contributed by atoms with Gasteiger partial charge in [0.2, 0.25) is 5.91 Å². The summed E-state index contributed by atoms with van der Waals surface area (Å²) in [4.78, 5) is 37.5. The number of nitrogens with zero attached hydrogens (tertiary/aromatic N) is 1. The van der Waals surface area contributed by atoms with Crippen molar-refractivity contribution in [3.8, 4) is 0 Å². The molecule has 1 aromatic rings. The Hall–Kier alpha value is -2.17. The summed E-state index contributed by atoms with van der Waals surface area (Å²) < 4.78 is 0. The Labute approximate surface area is 136 Å². The molecule has 5 nitrogen and oxygen atoms in total. The van der Waals surface area contributed by atoms with Crippen molar-refractivity contribution in [3.63, 3.8) is 0 Å². The maximum atomic E-state index is 12.7. The molecule has 0 unspecified atom stereocenters. The first-order chi connectivity index (χ1) is 10.8. The number of aliphatic carboxylic acids is 1. The van der Waals surface area contributed by atoms with Crippen molar-refractivity contribution in [2.24, 2.45) is 11.8 Å². The summed E-state index contributed by atoms with van der Waals surface area (Å²) in [7, 11) is 0. The van der Waals surface area contributed by atoms with Gasteiger partial charge in [0.05, 0.1) is 0 Å². The molecule has 0 spiro atoms. The van der Waals surface area contributed by atoms with E-state index in [2.05, 4.69) is 0 Å². The highest BCUT2D eigenvalue weighted by Gasteiger charge is 2.35. The molecule has 2 rings (SSSR count). The van der Waals surface area contributed by atoms with E-state index in [1.165, 1.54) is 11.8 Å². The largest absolute Gasteiger partial charge is 0.480 e. The average molecular weight is 317 g/mol. The molecule has 0 saturated carbocycles. The van der Waals surface area contributed by atoms with Crippen molar-refractivity contribution in [1.29, 1.82) is 0 Å². The summed E-state index contributed by atoms with van der Waals surface area (Å²) in [6.45, 7) is 5.07. The van der Waals surface area contributed by atoms with Crippen LogP contribution in [-0.2, 0) is 16.0 Å². The van der Waals surface area contributed by atoms with Crippen LogP contribution in [-0.4, -0.2) is 40.3 Å². The Kier molecular flexibility index (Phi) is 5.19. The SMILES string of the molecule is CC(=O)N(C[C@H]1CCc2ccccc2C1=O)[C@H](C(=O)O)C(C)C. The molecule has 2 atom stereocenters. The Balaban J connectivity index is 2.23. The topological polar surface area (TPSA) is 74.7 Å². The first kappa shape index (κ1) is 17.2. The zero-order valence-electron chi connectivity index (χ0n) is 13.8. The van der Waals surface area contributed by atoms with Gasteiger partial charge in [0.1, 0.15) is 6.04 Å². The van der Waals surface area contributed by atoms with E-state index in [0.717, 1.165) is 12.0 Å². The van der Waals surface area contributed by atoms with Gasteiger partial charge in [0.15, 0.2) is 5.78 Å². The van der Waals surface area contributed by atoms with Crippen LogP contribution in [0, 0.1) is 11.8 Å². The fourth-order valence-corrected chi connectivity index (χ4v) is 3.29. The molecule has 124 valence electrons. The monoisotopic (exact) mass is 317 g/mol. The van der Waals surface area contributed by atoms with E-state index in [1.54, 1.807) is 19.9 Å². The smallest absolute Gasteiger partial charge is 0.326 e. The second-order valence-corrected chi connectivity index (χ2v) is 6.46. The van der Waals surface area contributed by atoms with Gasteiger partial charge in [0, 0.05) is 24.9 Å². The minimum absolute atomic E-state index is 0.00555. The van der Waals surface area contributed by atoms with E-state index < -0.39 is 12.0 Å². The fourth-order valence-electron chi connectivity index (χ4n) is 3.29. The minimum Gasteiger partial charge on any atom is -0.480 e. The van der Waals surface area contributed by atoms with Crippen molar-refractivity contribution >= 4 is 17.7 Å². The van der Waals surface area contributed by atoms with Crippen LogP contribution >= 0.6 is 0 Å². The van der Waals surface area contributed by atoms with Crippen LogP contribution in [0.25, 0.3) is 0 Å². The number of carbonyl (C=O) groups is 3. The lowest BCUT2D eigenvalue weighted by atomic mass is 9.82. The lowest BCUT2D eigenvalue weighted by molar-refractivity contribution is -0.151. The quantitative estimate of drug-likeness (QED) is 0.905. The molecule has 0 radical (unpaired) electrons. The predicted molar refractivity (Wildman–Crippen MR) is 86.2 cm³/mol. The molecule has 0 aliphatic heterocycles. The van der Waals surface area contributed by atoms with E-state index in [4.69, 9.17) is 0 Å². The fraction of sp³-hybridized carbons (Fsp3) is 0.500. The number of rotatable bonds is 5. The summed E-state index contributed by atoms with van der Waals surface area (Å²) in [5.74, 6) is -1.89. The molecular formula is C18H23NO4. The Morgan fingerprint density at radius 1 is 1.30 bits per heavy atom. The number of Topliss-reactive ketones (excluding diaryl/α,β-unsaturated/α-hetero) is 1. The number of fused-ring (bicyclic) bond motifs is 1. The van der Waals surface area contributed by atoms with Crippen molar-refractivity contribution in [3.05, 3.63) is 35.4 Å². The van der Waals surface area contributed by atoms with Crippen molar-refractivity contribution < 1.29 is 19.5 Å². The zero-order chi connectivity index (χ0) is 17.1. The average Bonchev–Trinajstić information content (AvgIpc) is 2.48. The van der Waals surface area contributed by atoms with E-state index in [9.17, 15) is 19.5 Å². The van der Waals surface area contributed by atoms with Gasteiger partial charge >= 0.3 is 5.97 Å². The molecule has 0 bridgehead atoms. The second-order valence-electron chi connectivity index (χ2n) is 6.46. The van der Waals surface area contributed by atoms with Crippen LogP contribution in [0.2, 0.25) is 0 Å². The summed E-state index contributed by atoms with van der Waals surface area (Å²) >= 11 is 0. The highest BCUT2D eigenvalue weighted by atomic mass is 16.4. The first-order valence-electron chi connectivity index (χ1n) is 7.95. The molecular weight excluding hydrogens is 294 g/mol. The number of benzene rings is 1. The predicted octanol–water partition coefficient (Wildman–Crippen LogP) is 2.39. The molecule has 0 aromatic heterocycles. The Morgan fingerprint density at radius 2 is 1.96 bits per heavy atom. The normalized spacial score (nSPS) is 18.4. The third-order valence-corrected chi connectivity index (χ3v) is 4.46. The number of carboxylic acids is 1. The standard InChI is InChI=1S/C18H23NO4/c1-11(2)16(18(22)23)19(12(3)20)10-14-9-8-13-6-4-5-7-15(13)17(14)21/h4-7,11,14,16H,8-10H2,1-3H3,(H,22,23)/t14-,16+/m1/s1. The number of hydrogen-bond donors (Lipinski definition) is 1. The number of amides is 1. The Bertz CT molecular complexity index is 623. The molecule has 23 heavy (non-hydrogen) atoms. The van der Waals surface area contributed by atoms with E-state index in [-0.39, 0.29) is 30.1 Å². The molecule has 1 aliphatic rings. The molecule has 0 saturated heterocycles. The summed E-state index contributed by atoms with van der Waals surface area (Å²) in [5.41, 5.74) is 1.73. The van der Waals surface area contributed by atoms with Gasteiger partial charge < -0.3 is 10.0 Å². The summed E-state index contributed by atoms with van der Waals surface area (Å²) in [6, 6.07) is 6.58. The van der Waals surface area contributed by atoms with Crippen LogP contribution in [0.4, 0.5) is 0 Å². The molecule has 1 N–H and O–H groups in total. The zero-order valence-corrected chi connectivity index (χ0v) is 13.8. The van der Waals surface area contributed by atoms with E-state index >= 15 is 0 Å². The van der Waals surface area contributed by atoms with Crippen LogP contribution in [0.3, 0.4) is 0 Å². The van der Waals surface area contributed by atoms with E-state index in [1.807, 2.05) is 18.2 Å². The lowest BCUT2D eigenvalue weighted by Gasteiger charge is -2.34. The molecule has 1 amide bonds. The number of carboxylic acid groups (broad SMARTS) is 1. The van der Waals surface area contributed by atoms with Crippen molar-refractivity contribution in [2.45, 2.75) is 39.7 Å². The molecule has 1 aliphatic carbocycles. The highest BCUT2D eigenvalue weighted by Crippen LogP contribution is 2.27. The van der Waals surface area contributed by atoms with Gasteiger partial charge in [-0.15, -0.1) is 0 Å². The molecule has 0 fully saturated rings. The van der Waals surface area contributed by atoms with Gasteiger partial charge in [-0.2, -0.15) is 0 Å². The number of hydrogen-bond acceptors (Lipinski definition) is 3. The first-order valence-corrected chi connectivity index (χ1v) is 7.95. The molecule has 0 heterocycles. The highest BCUT2D eigenvalue weighted by molar-refractivity contribution is 6.00. The van der Waals surface area contributed by atoms with Crippen LogP contribution < -0.4 is 0 Å². The maximum absolute atomic E-state index is 12.7. The van der Waals surface area contributed by atoms with Crippen molar-refractivity contribution in [2.75, 3.05) is 6.54 Å². The van der Waals surface area contributed by atoms with Gasteiger partial charge in [-0.25, -0.2) is 4.79 Å². The third-order valence-electron chi connectivity index (χ3n) is 4.46. The lowest BCUT2D eigenvalue weighted by Crippen LogP contribution is -2.50. The van der Waals surface area contributed by atoms with Crippen molar-refractivity contribution in [1.82, 2.24) is 4.90 Å². The minimum atomic E-state index is -1.03. The van der Waals surface area contributed by atoms with Gasteiger partial charge in [-0.3, -0.25) is 9.59 Å². The van der Waals surface area contributed by atoms with Gasteiger partial charge in [0.25, 0.3) is 0 Å². The number of ketones is 1. The molecule has 5 heteroatoms. The van der Waals surface area contributed by atoms with Crippen LogP contribution in [0.1, 0.15) is 43.1 Å². The van der Waals surface area contributed by atoms with Crippen LogP contribution in [0.15, 0.2) is 24.3 Å². The van der Waals surface area contributed by atoms with Crippen LogP contribution in [0.5, 0.6) is 0 Å². The maximum Gasteiger partial charge on any atom is 0.326 e.